The summed E-state index contributed by atoms with van der Waals surface area (Å²) in [7, 11) is 0. The molecule has 3 aromatic rings. The zero-order valence-electron chi connectivity index (χ0n) is 16.2. The molecule has 4 rings (SSSR count). The van der Waals surface area contributed by atoms with Crippen molar-refractivity contribution in [2.24, 2.45) is 0 Å². The second kappa shape index (κ2) is 8.44. The highest BCUT2D eigenvalue weighted by atomic mass is 16.5. The van der Waals surface area contributed by atoms with Gasteiger partial charge in [-0.05, 0) is 31.5 Å². The number of aromatic nitrogens is 2. The molecule has 6 heteroatoms. The summed E-state index contributed by atoms with van der Waals surface area (Å²) in [5.74, 6) is 0.727. The number of likely N-dealkylation sites (tertiary alicyclic amines) is 1. The number of carbonyl (C=O) groups excluding carboxylic acids is 1. The van der Waals surface area contributed by atoms with Crippen molar-refractivity contribution in [3.63, 3.8) is 0 Å². The molecule has 1 saturated heterocycles. The summed E-state index contributed by atoms with van der Waals surface area (Å²) in [6.07, 6.45) is 3.45. The van der Waals surface area contributed by atoms with Crippen molar-refractivity contribution in [1.29, 1.82) is 0 Å². The molecule has 6 nitrogen and oxygen atoms in total. The van der Waals surface area contributed by atoms with Crippen LogP contribution < -0.4 is 10.1 Å². The molecule has 1 unspecified atom stereocenters. The van der Waals surface area contributed by atoms with Gasteiger partial charge in [-0.15, -0.1) is 0 Å². The maximum Gasteiger partial charge on any atom is 0.225 e. The van der Waals surface area contributed by atoms with Gasteiger partial charge in [0.25, 0.3) is 0 Å². The maximum atomic E-state index is 12.4. The molecule has 0 bridgehead atoms. The summed E-state index contributed by atoms with van der Waals surface area (Å²) in [6, 6.07) is 16.2. The molecule has 28 heavy (non-hydrogen) atoms. The zero-order chi connectivity index (χ0) is 19.3. The summed E-state index contributed by atoms with van der Waals surface area (Å²) in [6.45, 7) is 5.17. The highest BCUT2D eigenvalue weighted by Crippen LogP contribution is 2.26. The van der Waals surface area contributed by atoms with Gasteiger partial charge in [-0.1, -0.05) is 30.3 Å². The van der Waals surface area contributed by atoms with E-state index < -0.39 is 0 Å². The maximum absolute atomic E-state index is 12.4. The second-order valence-electron chi connectivity index (χ2n) is 7.12. The summed E-state index contributed by atoms with van der Waals surface area (Å²) in [4.78, 5) is 14.7. The van der Waals surface area contributed by atoms with Gasteiger partial charge in [0.2, 0.25) is 5.91 Å². The lowest BCUT2D eigenvalue weighted by atomic mass is 10.2. The van der Waals surface area contributed by atoms with Crippen LogP contribution in [0.25, 0.3) is 10.9 Å². The zero-order valence-corrected chi connectivity index (χ0v) is 16.2. The Kier molecular flexibility index (Phi) is 5.58. The van der Waals surface area contributed by atoms with Gasteiger partial charge in [0.15, 0.2) is 0 Å². The van der Waals surface area contributed by atoms with Crippen LogP contribution in [-0.2, 0) is 4.79 Å². The first-order valence-electron chi connectivity index (χ1n) is 9.91. The van der Waals surface area contributed by atoms with Gasteiger partial charge in [-0.2, -0.15) is 5.10 Å². The van der Waals surface area contributed by atoms with Gasteiger partial charge in [0.05, 0.1) is 30.0 Å². The van der Waals surface area contributed by atoms with Crippen molar-refractivity contribution in [1.82, 2.24) is 14.7 Å². The number of ether oxygens (including phenoxy) is 1. The third-order valence-corrected chi connectivity index (χ3v) is 5.21. The van der Waals surface area contributed by atoms with Crippen LogP contribution in [0.15, 0.2) is 54.7 Å². The molecular weight excluding hydrogens is 352 g/mol. The number of carbonyl (C=O) groups is 1. The lowest BCUT2D eigenvalue weighted by molar-refractivity contribution is -0.116. The minimum Gasteiger partial charge on any atom is -0.492 e. The number of anilines is 1. The number of para-hydroxylation sites is 3. The summed E-state index contributed by atoms with van der Waals surface area (Å²) in [5.41, 5.74) is 1.91. The van der Waals surface area contributed by atoms with Crippen LogP contribution in [-0.4, -0.2) is 46.8 Å². The number of hydrogen-bond acceptors (Lipinski definition) is 4. The molecule has 0 radical (unpaired) electrons. The van der Waals surface area contributed by atoms with E-state index in [0.717, 1.165) is 31.7 Å². The first-order chi connectivity index (χ1) is 13.7. The largest absolute Gasteiger partial charge is 0.492 e. The number of rotatable bonds is 7. The number of nitrogens with one attached hydrogen (secondary N) is 1. The number of hydrogen-bond donors (Lipinski definition) is 1. The van der Waals surface area contributed by atoms with Gasteiger partial charge in [-0.25, -0.2) is 0 Å². The highest BCUT2D eigenvalue weighted by Gasteiger charge is 2.25. The quantitative estimate of drug-likeness (QED) is 0.681. The minimum atomic E-state index is 0.0140. The molecule has 1 aliphatic heterocycles. The molecule has 0 aliphatic carbocycles. The van der Waals surface area contributed by atoms with Gasteiger partial charge < -0.3 is 15.0 Å². The van der Waals surface area contributed by atoms with E-state index in [1.807, 2.05) is 43.5 Å². The molecule has 2 heterocycles. The third kappa shape index (κ3) is 4.02. The molecule has 2 aromatic carbocycles. The van der Waals surface area contributed by atoms with Gasteiger partial charge in [-0.3, -0.25) is 9.48 Å². The summed E-state index contributed by atoms with van der Waals surface area (Å²) in [5, 5.41) is 8.74. The van der Waals surface area contributed by atoms with Crippen LogP contribution in [0.3, 0.4) is 0 Å². The predicted molar refractivity (Wildman–Crippen MR) is 111 cm³/mol. The number of fused-ring (bicyclic) bond motifs is 1. The van der Waals surface area contributed by atoms with Crippen LogP contribution in [0.5, 0.6) is 5.75 Å². The van der Waals surface area contributed by atoms with Crippen molar-refractivity contribution < 1.29 is 9.53 Å². The molecule has 1 fully saturated rings. The molecule has 1 N–H and O–H groups in total. The molecule has 0 saturated carbocycles. The minimum absolute atomic E-state index is 0.0140. The van der Waals surface area contributed by atoms with E-state index in [2.05, 4.69) is 38.2 Å². The fourth-order valence-corrected chi connectivity index (χ4v) is 3.82. The summed E-state index contributed by atoms with van der Waals surface area (Å²) < 4.78 is 7.70. The van der Waals surface area contributed by atoms with Crippen molar-refractivity contribution in [3.05, 3.63) is 54.7 Å². The van der Waals surface area contributed by atoms with Gasteiger partial charge in [0.1, 0.15) is 5.75 Å². The Hall–Kier alpha value is -2.86. The molecular formula is C22H26N4O2. The number of amides is 1. The van der Waals surface area contributed by atoms with E-state index in [1.54, 1.807) is 0 Å². The smallest absolute Gasteiger partial charge is 0.225 e. The van der Waals surface area contributed by atoms with E-state index in [4.69, 9.17) is 4.74 Å². The monoisotopic (exact) mass is 378 g/mol. The Morgan fingerprint density at radius 3 is 2.93 bits per heavy atom. The standard InChI is InChI=1S/C22H26N4O2/c1-2-28-21-10-6-4-8-19(21)24-22(27)12-14-25-13-11-18(16-25)26-20-9-5-3-7-17(20)15-23-26/h3-10,15,18H,2,11-14,16H2,1H3,(H,24,27). The van der Waals surface area contributed by atoms with Gasteiger partial charge in [0, 0.05) is 31.4 Å². The second-order valence-corrected chi connectivity index (χ2v) is 7.12. The summed E-state index contributed by atoms with van der Waals surface area (Å²) >= 11 is 0. The van der Waals surface area contributed by atoms with E-state index in [1.165, 1.54) is 10.9 Å². The van der Waals surface area contributed by atoms with E-state index in [0.29, 0.717) is 24.8 Å². The van der Waals surface area contributed by atoms with Crippen molar-refractivity contribution in [2.45, 2.75) is 25.8 Å². The number of benzene rings is 2. The topological polar surface area (TPSA) is 59.4 Å². The Morgan fingerprint density at radius 1 is 1.21 bits per heavy atom. The van der Waals surface area contributed by atoms with Crippen LogP contribution >= 0.6 is 0 Å². The molecule has 1 amide bonds. The van der Waals surface area contributed by atoms with E-state index in [9.17, 15) is 4.79 Å². The predicted octanol–water partition coefficient (Wildman–Crippen LogP) is 3.71. The third-order valence-electron chi connectivity index (χ3n) is 5.21. The van der Waals surface area contributed by atoms with Crippen molar-refractivity contribution in [3.8, 4) is 5.75 Å². The molecule has 1 aromatic heterocycles. The van der Waals surface area contributed by atoms with Crippen molar-refractivity contribution in [2.75, 3.05) is 31.6 Å². The SMILES string of the molecule is CCOc1ccccc1NC(=O)CCN1CCC(n2ncc3ccccc32)C1. The number of nitrogens with zero attached hydrogens (tertiary/aromatic N) is 3. The van der Waals surface area contributed by atoms with Crippen molar-refractivity contribution >= 4 is 22.5 Å². The van der Waals surface area contributed by atoms with Crippen LogP contribution in [0.1, 0.15) is 25.8 Å². The first kappa shape index (κ1) is 18.5. The Bertz CT molecular complexity index is 952. The van der Waals surface area contributed by atoms with E-state index in [-0.39, 0.29) is 5.91 Å². The van der Waals surface area contributed by atoms with Crippen LogP contribution in [0.4, 0.5) is 5.69 Å². The average Bonchev–Trinajstić information content (AvgIpc) is 3.35. The first-order valence-corrected chi connectivity index (χ1v) is 9.91. The van der Waals surface area contributed by atoms with Crippen LogP contribution in [0, 0.1) is 0 Å². The van der Waals surface area contributed by atoms with Gasteiger partial charge >= 0.3 is 0 Å². The fourth-order valence-electron chi connectivity index (χ4n) is 3.82. The fraction of sp³-hybridized carbons (Fsp3) is 0.364. The molecule has 1 atom stereocenters. The van der Waals surface area contributed by atoms with E-state index >= 15 is 0 Å². The molecule has 146 valence electrons. The Morgan fingerprint density at radius 2 is 2.04 bits per heavy atom. The lowest BCUT2D eigenvalue weighted by Crippen LogP contribution is -2.26. The lowest BCUT2D eigenvalue weighted by Gasteiger charge is -2.17. The van der Waals surface area contributed by atoms with Crippen LogP contribution in [0.2, 0.25) is 0 Å². The Balaban J connectivity index is 1.31. The normalized spacial score (nSPS) is 17.1. The molecule has 0 spiro atoms. The highest BCUT2D eigenvalue weighted by molar-refractivity contribution is 5.92. The Labute approximate surface area is 165 Å². The average molecular weight is 378 g/mol. The molecule has 1 aliphatic rings.